The third kappa shape index (κ3) is 3.52. The van der Waals surface area contributed by atoms with Gasteiger partial charge in [0.1, 0.15) is 11.8 Å². The van der Waals surface area contributed by atoms with Gasteiger partial charge in [0.25, 0.3) is 0 Å². The molecule has 0 saturated carbocycles. The maximum Gasteiger partial charge on any atom is 0.322 e. The lowest BCUT2D eigenvalue weighted by atomic mass is 10.0. The molecule has 0 fully saturated rings. The molecular formula is C17H21NO3. The van der Waals surface area contributed by atoms with Crippen LogP contribution in [0.5, 0.6) is 5.75 Å². The van der Waals surface area contributed by atoms with E-state index in [4.69, 9.17) is 9.47 Å². The van der Waals surface area contributed by atoms with Crippen LogP contribution in [0, 0.1) is 0 Å². The minimum atomic E-state index is -0.337. The van der Waals surface area contributed by atoms with Crippen molar-refractivity contribution in [1.82, 2.24) is 5.32 Å². The first-order valence-corrected chi connectivity index (χ1v) is 6.96. The fourth-order valence-corrected chi connectivity index (χ4v) is 2.35. The summed E-state index contributed by atoms with van der Waals surface area (Å²) >= 11 is 0. The highest BCUT2D eigenvalue weighted by Gasteiger charge is 2.16. The van der Waals surface area contributed by atoms with Crippen molar-refractivity contribution in [3.8, 4) is 5.75 Å². The lowest BCUT2D eigenvalue weighted by Gasteiger charge is -2.19. The van der Waals surface area contributed by atoms with E-state index < -0.39 is 0 Å². The Labute approximate surface area is 125 Å². The van der Waals surface area contributed by atoms with Gasteiger partial charge in [-0.05, 0) is 48.4 Å². The second-order valence-corrected chi connectivity index (χ2v) is 5.11. The maximum absolute atomic E-state index is 11.5. The molecule has 2 unspecified atom stereocenters. The first-order valence-electron chi connectivity index (χ1n) is 6.96. The quantitative estimate of drug-likeness (QED) is 0.859. The average Bonchev–Trinajstić information content (AvgIpc) is 2.52. The summed E-state index contributed by atoms with van der Waals surface area (Å²) in [6.07, 6.45) is 0. The molecule has 0 amide bonds. The van der Waals surface area contributed by atoms with Crippen molar-refractivity contribution in [1.29, 1.82) is 0 Å². The fourth-order valence-electron chi connectivity index (χ4n) is 2.35. The Bertz CT molecular complexity index is 639. The van der Waals surface area contributed by atoms with Crippen LogP contribution >= 0.6 is 0 Å². The maximum atomic E-state index is 11.5. The summed E-state index contributed by atoms with van der Waals surface area (Å²) in [5.41, 5.74) is 1.13. The molecule has 4 heteroatoms. The third-order valence-corrected chi connectivity index (χ3v) is 3.63. The molecule has 4 nitrogen and oxygen atoms in total. The van der Waals surface area contributed by atoms with Crippen LogP contribution in [0.2, 0.25) is 0 Å². The molecule has 0 heterocycles. The number of methoxy groups -OCH3 is 2. The van der Waals surface area contributed by atoms with E-state index in [9.17, 15) is 4.79 Å². The van der Waals surface area contributed by atoms with E-state index in [1.807, 2.05) is 25.1 Å². The lowest BCUT2D eigenvalue weighted by molar-refractivity contribution is -0.142. The standard InChI is InChI=1S/C17H21NO3/c1-11(18-12(2)17(19)21-4)13-5-6-15-10-16(20-3)8-7-14(15)9-13/h5-12,18H,1-4H3. The minimum Gasteiger partial charge on any atom is -0.497 e. The normalized spacial score (nSPS) is 13.7. The van der Waals surface area contributed by atoms with Crippen molar-refractivity contribution in [3.05, 3.63) is 42.0 Å². The van der Waals surface area contributed by atoms with Gasteiger partial charge in [0.2, 0.25) is 0 Å². The zero-order chi connectivity index (χ0) is 15.4. The predicted molar refractivity (Wildman–Crippen MR) is 83.5 cm³/mol. The molecule has 0 aliphatic heterocycles. The summed E-state index contributed by atoms with van der Waals surface area (Å²) in [7, 11) is 3.06. The molecule has 2 aromatic carbocycles. The number of benzene rings is 2. The van der Waals surface area contributed by atoms with Gasteiger partial charge < -0.3 is 9.47 Å². The van der Waals surface area contributed by atoms with Gasteiger partial charge in [-0.15, -0.1) is 0 Å². The molecule has 21 heavy (non-hydrogen) atoms. The van der Waals surface area contributed by atoms with Gasteiger partial charge >= 0.3 is 5.97 Å². The molecule has 2 aromatic rings. The van der Waals surface area contributed by atoms with E-state index in [2.05, 4.69) is 23.5 Å². The largest absolute Gasteiger partial charge is 0.497 e. The summed E-state index contributed by atoms with van der Waals surface area (Å²) < 4.78 is 9.96. The Morgan fingerprint density at radius 2 is 1.71 bits per heavy atom. The number of hydrogen-bond donors (Lipinski definition) is 1. The second-order valence-electron chi connectivity index (χ2n) is 5.11. The molecule has 0 aliphatic rings. The number of fused-ring (bicyclic) bond motifs is 1. The molecule has 0 bridgehead atoms. The lowest BCUT2D eigenvalue weighted by Crippen LogP contribution is -2.36. The van der Waals surface area contributed by atoms with Crippen molar-refractivity contribution < 1.29 is 14.3 Å². The Kier molecular flexibility index (Phi) is 4.81. The number of esters is 1. The minimum absolute atomic E-state index is 0.0607. The van der Waals surface area contributed by atoms with Crippen LogP contribution in [0.4, 0.5) is 0 Å². The Hall–Kier alpha value is -2.07. The molecule has 0 aromatic heterocycles. The highest BCUT2D eigenvalue weighted by Crippen LogP contribution is 2.24. The van der Waals surface area contributed by atoms with Crippen molar-refractivity contribution in [2.24, 2.45) is 0 Å². The van der Waals surface area contributed by atoms with E-state index in [1.165, 1.54) is 7.11 Å². The fraction of sp³-hybridized carbons (Fsp3) is 0.353. The molecule has 2 atom stereocenters. The van der Waals surface area contributed by atoms with Gasteiger partial charge in [-0.1, -0.05) is 18.2 Å². The van der Waals surface area contributed by atoms with Gasteiger partial charge in [-0.2, -0.15) is 0 Å². The van der Waals surface area contributed by atoms with E-state index in [0.29, 0.717) is 0 Å². The number of rotatable bonds is 5. The molecule has 112 valence electrons. The zero-order valence-corrected chi connectivity index (χ0v) is 12.8. The predicted octanol–water partition coefficient (Wildman–Crippen LogP) is 3.06. The molecule has 1 N–H and O–H groups in total. The van der Waals surface area contributed by atoms with E-state index in [0.717, 1.165) is 22.1 Å². The highest BCUT2D eigenvalue weighted by molar-refractivity contribution is 5.84. The van der Waals surface area contributed by atoms with Crippen molar-refractivity contribution in [2.75, 3.05) is 14.2 Å². The Morgan fingerprint density at radius 3 is 2.38 bits per heavy atom. The number of nitrogens with one attached hydrogen (secondary N) is 1. The molecule has 0 radical (unpaired) electrons. The number of carbonyl (C=O) groups is 1. The smallest absolute Gasteiger partial charge is 0.322 e. The summed E-state index contributed by atoms with van der Waals surface area (Å²) in [5, 5.41) is 5.51. The van der Waals surface area contributed by atoms with Crippen molar-refractivity contribution in [3.63, 3.8) is 0 Å². The Balaban J connectivity index is 2.20. The van der Waals surface area contributed by atoms with Gasteiger partial charge in [0, 0.05) is 6.04 Å². The van der Waals surface area contributed by atoms with Crippen LogP contribution in [0.15, 0.2) is 36.4 Å². The van der Waals surface area contributed by atoms with Gasteiger partial charge in [-0.3, -0.25) is 10.1 Å². The number of ether oxygens (including phenoxy) is 2. The zero-order valence-electron chi connectivity index (χ0n) is 12.8. The molecule has 0 aliphatic carbocycles. The molecule has 0 saturated heterocycles. The SMILES string of the molecule is COC(=O)C(C)NC(C)c1ccc2cc(OC)ccc2c1. The van der Waals surface area contributed by atoms with Crippen LogP contribution in [-0.2, 0) is 9.53 Å². The van der Waals surface area contributed by atoms with Crippen molar-refractivity contribution in [2.45, 2.75) is 25.9 Å². The van der Waals surface area contributed by atoms with Crippen LogP contribution in [0.1, 0.15) is 25.5 Å². The second kappa shape index (κ2) is 6.59. The first-order chi connectivity index (χ1) is 10.0. The van der Waals surface area contributed by atoms with Crippen LogP contribution in [-0.4, -0.2) is 26.2 Å². The van der Waals surface area contributed by atoms with Gasteiger partial charge in [-0.25, -0.2) is 0 Å². The average molecular weight is 287 g/mol. The number of hydrogen-bond acceptors (Lipinski definition) is 4. The topological polar surface area (TPSA) is 47.6 Å². The van der Waals surface area contributed by atoms with Crippen LogP contribution in [0.3, 0.4) is 0 Å². The van der Waals surface area contributed by atoms with Gasteiger partial charge in [0.05, 0.1) is 14.2 Å². The summed E-state index contributed by atoms with van der Waals surface area (Å²) in [6, 6.07) is 12.0. The van der Waals surface area contributed by atoms with E-state index in [1.54, 1.807) is 14.0 Å². The summed E-state index contributed by atoms with van der Waals surface area (Å²) in [6.45, 7) is 3.83. The van der Waals surface area contributed by atoms with E-state index in [-0.39, 0.29) is 18.1 Å². The monoisotopic (exact) mass is 287 g/mol. The van der Waals surface area contributed by atoms with Crippen LogP contribution < -0.4 is 10.1 Å². The molecule has 0 spiro atoms. The van der Waals surface area contributed by atoms with Gasteiger partial charge in [0.15, 0.2) is 0 Å². The highest BCUT2D eigenvalue weighted by atomic mass is 16.5. The summed E-state index contributed by atoms with van der Waals surface area (Å²) in [5.74, 6) is 0.591. The first kappa shape index (κ1) is 15.3. The number of carbonyl (C=O) groups excluding carboxylic acids is 1. The molecule has 2 rings (SSSR count). The Morgan fingerprint density at radius 1 is 1.05 bits per heavy atom. The summed E-state index contributed by atoms with van der Waals surface area (Å²) in [4.78, 5) is 11.5. The van der Waals surface area contributed by atoms with Crippen LogP contribution in [0.25, 0.3) is 10.8 Å². The molecular weight excluding hydrogens is 266 g/mol. The van der Waals surface area contributed by atoms with E-state index >= 15 is 0 Å². The third-order valence-electron chi connectivity index (χ3n) is 3.63. The van der Waals surface area contributed by atoms with Crippen molar-refractivity contribution >= 4 is 16.7 Å².